The summed E-state index contributed by atoms with van der Waals surface area (Å²) in [5.41, 5.74) is 0. The van der Waals surface area contributed by atoms with E-state index < -0.39 is 0 Å². The Hall–Kier alpha value is -1.24. The molecule has 2 aromatic rings. The number of nitrogens with zero attached hydrogens (tertiary/aromatic N) is 3. The van der Waals surface area contributed by atoms with E-state index in [2.05, 4.69) is 27.3 Å². The van der Waals surface area contributed by atoms with Crippen LogP contribution in [0.3, 0.4) is 0 Å². The van der Waals surface area contributed by atoms with Crippen molar-refractivity contribution in [3.05, 3.63) is 23.4 Å². The second-order valence-corrected chi connectivity index (χ2v) is 5.34. The van der Waals surface area contributed by atoms with Gasteiger partial charge in [-0.05, 0) is 18.4 Å². The number of nitrogens with one attached hydrogen (secondary N) is 1. The number of thiophene rings is 1. The van der Waals surface area contributed by atoms with Gasteiger partial charge in [0.15, 0.2) is 0 Å². The molecule has 1 aliphatic heterocycles. The third kappa shape index (κ3) is 2.31. The van der Waals surface area contributed by atoms with Crippen LogP contribution in [0.15, 0.2) is 22.0 Å². The van der Waals surface area contributed by atoms with Gasteiger partial charge in [0, 0.05) is 26.2 Å². The van der Waals surface area contributed by atoms with Gasteiger partial charge in [-0.15, -0.1) is 11.3 Å². The molecule has 1 saturated heterocycles. The number of hydrogen-bond donors (Lipinski definition) is 1. The molecule has 5 nitrogen and oxygen atoms in total. The number of aromatic nitrogens is 2. The molecule has 1 fully saturated rings. The van der Waals surface area contributed by atoms with Gasteiger partial charge in [0.1, 0.15) is 0 Å². The molecule has 18 heavy (non-hydrogen) atoms. The average Bonchev–Trinajstić information content (AvgIpc) is 3.09. The van der Waals surface area contributed by atoms with Gasteiger partial charge in [0.05, 0.1) is 10.9 Å². The minimum absolute atomic E-state index is 0.188. The van der Waals surface area contributed by atoms with Crippen molar-refractivity contribution in [1.82, 2.24) is 20.4 Å². The van der Waals surface area contributed by atoms with Crippen molar-refractivity contribution in [3.63, 3.8) is 0 Å². The first-order valence-corrected chi connectivity index (χ1v) is 7.05. The zero-order chi connectivity index (χ0) is 12.4. The lowest BCUT2D eigenvalue weighted by molar-refractivity contribution is 0.154. The lowest BCUT2D eigenvalue weighted by Gasteiger charge is -2.30. The summed E-state index contributed by atoms with van der Waals surface area (Å²) in [6, 6.07) is 4.19. The topological polar surface area (TPSA) is 54.2 Å². The standard InChI is InChI=1S/C12H16N4OS/c1-9(16-6-4-13-5-7-16)12-14-11(15-17-12)10-3-2-8-18-10/h2-3,8-9,13H,4-7H2,1H3/t9-/m1/s1. The zero-order valence-electron chi connectivity index (χ0n) is 10.3. The van der Waals surface area contributed by atoms with Gasteiger partial charge in [-0.1, -0.05) is 11.2 Å². The highest BCUT2D eigenvalue weighted by atomic mass is 32.1. The minimum Gasteiger partial charge on any atom is -0.337 e. The van der Waals surface area contributed by atoms with E-state index in [1.807, 2.05) is 17.5 Å². The van der Waals surface area contributed by atoms with E-state index >= 15 is 0 Å². The second-order valence-electron chi connectivity index (χ2n) is 4.40. The molecule has 1 atom stereocenters. The third-order valence-electron chi connectivity index (χ3n) is 3.24. The Bertz CT molecular complexity index is 490. The van der Waals surface area contributed by atoms with Crippen molar-refractivity contribution in [3.8, 4) is 10.7 Å². The molecular formula is C12H16N4OS. The molecule has 0 aliphatic carbocycles. The van der Waals surface area contributed by atoms with Crippen molar-refractivity contribution in [2.45, 2.75) is 13.0 Å². The van der Waals surface area contributed by atoms with Crippen LogP contribution >= 0.6 is 11.3 Å². The van der Waals surface area contributed by atoms with Crippen LogP contribution in [-0.4, -0.2) is 41.2 Å². The molecule has 0 bridgehead atoms. The minimum atomic E-state index is 0.188. The highest BCUT2D eigenvalue weighted by Gasteiger charge is 2.23. The first-order valence-electron chi connectivity index (χ1n) is 6.17. The van der Waals surface area contributed by atoms with Crippen LogP contribution in [0.25, 0.3) is 10.7 Å². The quantitative estimate of drug-likeness (QED) is 0.915. The van der Waals surface area contributed by atoms with Crippen molar-refractivity contribution in [2.24, 2.45) is 0 Å². The predicted molar refractivity (Wildman–Crippen MR) is 70.5 cm³/mol. The summed E-state index contributed by atoms with van der Waals surface area (Å²) >= 11 is 1.63. The van der Waals surface area contributed by atoms with Crippen molar-refractivity contribution >= 4 is 11.3 Å². The van der Waals surface area contributed by atoms with E-state index in [0.717, 1.165) is 31.1 Å². The molecule has 0 amide bonds. The van der Waals surface area contributed by atoms with E-state index in [0.29, 0.717) is 11.7 Å². The van der Waals surface area contributed by atoms with Gasteiger partial charge in [-0.25, -0.2) is 0 Å². The summed E-state index contributed by atoms with van der Waals surface area (Å²) in [5, 5.41) is 9.42. The van der Waals surface area contributed by atoms with Crippen molar-refractivity contribution in [2.75, 3.05) is 26.2 Å². The van der Waals surface area contributed by atoms with E-state index in [-0.39, 0.29) is 6.04 Å². The van der Waals surface area contributed by atoms with Crippen LogP contribution in [0, 0.1) is 0 Å². The van der Waals surface area contributed by atoms with E-state index in [4.69, 9.17) is 4.52 Å². The molecule has 0 spiro atoms. The van der Waals surface area contributed by atoms with Crippen LogP contribution in [0.4, 0.5) is 0 Å². The van der Waals surface area contributed by atoms with Gasteiger partial charge >= 0.3 is 0 Å². The predicted octanol–water partition coefficient (Wildman–Crippen LogP) is 1.76. The van der Waals surface area contributed by atoms with Crippen molar-refractivity contribution in [1.29, 1.82) is 0 Å². The lowest BCUT2D eigenvalue weighted by atomic mass is 10.2. The Labute approximate surface area is 110 Å². The zero-order valence-corrected chi connectivity index (χ0v) is 11.1. The molecule has 1 N–H and O–H groups in total. The molecule has 3 rings (SSSR count). The smallest absolute Gasteiger partial charge is 0.244 e. The van der Waals surface area contributed by atoms with Gasteiger partial charge in [0.25, 0.3) is 0 Å². The van der Waals surface area contributed by atoms with Gasteiger partial charge in [-0.2, -0.15) is 4.98 Å². The molecule has 0 unspecified atom stereocenters. The fourth-order valence-electron chi connectivity index (χ4n) is 2.14. The Morgan fingerprint density at radius 2 is 2.28 bits per heavy atom. The normalized spacial score (nSPS) is 18.9. The number of rotatable bonds is 3. The van der Waals surface area contributed by atoms with Gasteiger partial charge < -0.3 is 9.84 Å². The SMILES string of the molecule is C[C@H](c1nc(-c2cccs2)no1)N1CCNCC1. The molecule has 2 aromatic heterocycles. The Balaban J connectivity index is 1.76. The largest absolute Gasteiger partial charge is 0.337 e. The summed E-state index contributed by atoms with van der Waals surface area (Å²) in [7, 11) is 0. The highest BCUT2D eigenvalue weighted by Crippen LogP contribution is 2.25. The van der Waals surface area contributed by atoms with Crippen LogP contribution < -0.4 is 5.32 Å². The highest BCUT2D eigenvalue weighted by molar-refractivity contribution is 7.13. The van der Waals surface area contributed by atoms with Crippen LogP contribution in [0.5, 0.6) is 0 Å². The second kappa shape index (κ2) is 5.17. The number of hydrogen-bond acceptors (Lipinski definition) is 6. The molecule has 0 radical (unpaired) electrons. The van der Waals surface area contributed by atoms with Crippen LogP contribution in [0.2, 0.25) is 0 Å². The maximum atomic E-state index is 5.39. The molecule has 6 heteroatoms. The maximum Gasteiger partial charge on any atom is 0.244 e. The lowest BCUT2D eigenvalue weighted by Crippen LogP contribution is -2.44. The third-order valence-corrected chi connectivity index (χ3v) is 4.11. The van der Waals surface area contributed by atoms with Gasteiger partial charge in [0.2, 0.25) is 11.7 Å². The molecule has 0 saturated carbocycles. The first kappa shape index (κ1) is 11.8. The molecule has 1 aliphatic rings. The first-order chi connectivity index (χ1) is 8.84. The van der Waals surface area contributed by atoms with E-state index in [9.17, 15) is 0 Å². The van der Waals surface area contributed by atoms with E-state index in [1.165, 1.54) is 0 Å². The molecule has 3 heterocycles. The maximum absolute atomic E-state index is 5.39. The van der Waals surface area contributed by atoms with Crippen molar-refractivity contribution < 1.29 is 4.52 Å². The average molecular weight is 264 g/mol. The molecule has 0 aromatic carbocycles. The monoisotopic (exact) mass is 264 g/mol. The Morgan fingerprint density at radius 1 is 1.44 bits per heavy atom. The summed E-state index contributed by atoms with van der Waals surface area (Å²) < 4.78 is 5.39. The summed E-state index contributed by atoms with van der Waals surface area (Å²) in [6.07, 6.45) is 0. The van der Waals surface area contributed by atoms with Gasteiger partial charge in [-0.3, -0.25) is 4.90 Å². The fraction of sp³-hybridized carbons (Fsp3) is 0.500. The van der Waals surface area contributed by atoms with E-state index in [1.54, 1.807) is 11.3 Å². The Kier molecular flexibility index (Phi) is 3.40. The van der Waals surface area contributed by atoms with Crippen LogP contribution in [0.1, 0.15) is 18.9 Å². The van der Waals surface area contributed by atoms with Crippen LogP contribution in [-0.2, 0) is 0 Å². The molecular weight excluding hydrogens is 248 g/mol. The summed E-state index contributed by atoms with van der Waals surface area (Å²) in [4.78, 5) is 7.91. The summed E-state index contributed by atoms with van der Waals surface area (Å²) in [5.74, 6) is 1.40. The Morgan fingerprint density at radius 3 is 3.00 bits per heavy atom. The fourth-order valence-corrected chi connectivity index (χ4v) is 2.79. The number of piperazine rings is 1. The molecule has 96 valence electrons. The summed E-state index contributed by atoms with van der Waals surface area (Å²) in [6.45, 7) is 6.22.